The van der Waals surface area contributed by atoms with Crippen LogP contribution in [0.1, 0.15) is 22.2 Å². The van der Waals surface area contributed by atoms with Crippen LogP contribution in [-0.4, -0.2) is 21.6 Å². The molecule has 0 radical (unpaired) electrons. The molecule has 0 aliphatic rings. The molecule has 0 spiro atoms. The fourth-order valence-corrected chi connectivity index (χ4v) is 2.40. The lowest BCUT2D eigenvalue weighted by Gasteiger charge is -2.02. The van der Waals surface area contributed by atoms with Gasteiger partial charge >= 0.3 is 5.97 Å². The van der Waals surface area contributed by atoms with Crippen LogP contribution in [-0.2, 0) is 0 Å². The quantitative estimate of drug-likeness (QED) is 0.874. The Labute approximate surface area is 99.6 Å². The molecule has 2 aromatic rings. The first kappa shape index (κ1) is 10.9. The molecule has 0 saturated heterocycles. The molecule has 0 fully saturated rings. The van der Waals surface area contributed by atoms with Crippen LogP contribution in [0.2, 0.25) is 0 Å². The molecule has 4 nitrogen and oxygen atoms in total. The van der Waals surface area contributed by atoms with E-state index in [9.17, 15) is 9.59 Å². The van der Waals surface area contributed by atoms with Crippen molar-refractivity contribution in [3.05, 3.63) is 34.4 Å². The van der Waals surface area contributed by atoms with Gasteiger partial charge in [0, 0.05) is 12.3 Å². The van der Waals surface area contributed by atoms with Gasteiger partial charge in [-0.15, -0.1) is 0 Å². The monoisotopic (exact) mass is 281 g/mol. The van der Waals surface area contributed by atoms with Crippen molar-refractivity contribution in [1.82, 2.24) is 4.57 Å². The Morgan fingerprint density at radius 2 is 1.94 bits per heavy atom. The number of aromatic nitrogens is 1. The number of benzene rings is 1. The number of nitrogens with zero attached hydrogens (tertiary/aromatic N) is 1. The summed E-state index contributed by atoms with van der Waals surface area (Å²) in [4.78, 5) is 22.6. The van der Waals surface area contributed by atoms with Crippen LogP contribution in [0.3, 0.4) is 0 Å². The number of hydrogen-bond donors (Lipinski definition) is 1. The van der Waals surface area contributed by atoms with Crippen LogP contribution in [0.5, 0.6) is 0 Å². The summed E-state index contributed by atoms with van der Waals surface area (Å²) in [5, 5.41) is 9.81. The predicted octanol–water partition coefficient (Wildman–Crippen LogP) is 2.76. The molecule has 0 saturated carbocycles. The van der Waals surface area contributed by atoms with Crippen molar-refractivity contribution in [2.45, 2.75) is 6.92 Å². The van der Waals surface area contributed by atoms with Crippen molar-refractivity contribution in [2.75, 3.05) is 0 Å². The third-order valence-corrected chi connectivity index (χ3v) is 3.13. The van der Waals surface area contributed by atoms with Gasteiger partial charge in [0.2, 0.25) is 5.91 Å². The first-order valence-electron chi connectivity index (χ1n) is 4.57. The average molecular weight is 282 g/mol. The van der Waals surface area contributed by atoms with Crippen LogP contribution in [0, 0.1) is 0 Å². The average Bonchev–Trinajstić information content (AvgIpc) is 2.53. The topological polar surface area (TPSA) is 59.3 Å². The summed E-state index contributed by atoms with van der Waals surface area (Å²) < 4.78 is 1.63. The maximum atomic E-state index is 11.5. The lowest BCUT2D eigenvalue weighted by Crippen LogP contribution is -2.13. The van der Waals surface area contributed by atoms with Crippen LogP contribution < -0.4 is 0 Å². The number of halogens is 1. The number of hydrogen-bond acceptors (Lipinski definition) is 2. The van der Waals surface area contributed by atoms with Crippen molar-refractivity contribution >= 4 is 38.7 Å². The number of fused-ring (bicyclic) bond motifs is 1. The van der Waals surface area contributed by atoms with E-state index in [-0.39, 0.29) is 11.6 Å². The van der Waals surface area contributed by atoms with Crippen molar-refractivity contribution in [1.29, 1.82) is 0 Å². The molecule has 0 atom stereocenters. The Hall–Kier alpha value is -1.62. The highest BCUT2D eigenvalue weighted by Gasteiger charge is 2.22. The van der Waals surface area contributed by atoms with Gasteiger partial charge in [-0.05, 0) is 22.0 Å². The highest BCUT2D eigenvalue weighted by atomic mass is 79.9. The van der Waals surface area contributed by atoms with Gasteiger partial charge in [-0.25, -0.2) is 4.79 Å². The molecule has 0 bridgehead atoms. The molecule has 0 unspecified atom stereocenters. The third-order valence-electron chi connectivity index (χ3n) is 2.33. The first-order chi connectivity index (χ1) is 7.54. The predicted molar refractivity (Wildman–Crippen MR) is 62.9 cm³/mol. The molecular formula is C11H8BrNO3. The first-order valence-corrected chi connectivity index (χ1v) is 5.36. The van der Waals surface area contributed by atoms with Gasteiger partial charge in [-0.2, -0.15) is 0 Å². The maximum Gasteiger partial charge on any atom is 0.354 e. The number of carbonyl (C=O) groups is 2. The Balaban J connectivity index is 2.97. The van der Waals surface area contributed by atoms with Gasteiger partial charge in [0.1, 0.15) is 5.69 Å². The van der Waals surface area contributed by atoms with Crippen LogP contribution in [0.4, 0.5) is 0 Å². The van der Waals surface area contributed by atoms with Gasteiger partial charge in [0.05, 0.1) is 9.99 Å². The molecule has 1 aromatic carbocycles. The van der Waals surface area contributed by atoms with Gasteiger partial charge < -0.3 is 5.11 Å². The summed E-state index contributed by atoms with van der Waals surface area (Å²) in [6.07, 6.45) is 0. The van der Waals surface area contributed by atoms with E-state index in [0.717, 1.165) is 5.39 Å². The van der Waals surface area contributed by atoms with E-state index in [1.807, 2.05) is 0 Å². The molecule has 2 rings (SSSR count). The van der Waals surface area contributed by atoms with Crippen LogP contribution >= 0.6 is 15.9 Å². The molecule has 0 aliphatic carbocycles. The number of aromatic carboxylic acids is 1. The van der Waals surface area contributed by atoms with Crippen LogP contribution in [0.15, 0.2) is 28.7 Å². The van der Waals surface area contributed by atoms with Crippen LogP contribution in [0.25, 0.3) is 10.9 Å². The minimum atomic E-state index is -1.13. The van der Waals surface area contributed by atoms with E-state index in [1.165, 1.54) is 11.5 Å². The van der Waals surface area contributed by atoms with E-state index in [0.29, 0.717) is 9.99 Å². The largest absolute Gasteiger partial charge is 0.477 e. The van der Waals surface area contributed by atoms with E-state index < -0.39 is 5.97 Å². The third kappa shape index (κ3) is 1.44. The molecule has 0 aliphatic heterocycles. The molecular weight excluding hydrogens is 274 g/mol. The number of para-hydroxylation sites is 1. The zero-order valence-electron chi connectivity index (χ0n) is 8.40. The number of carboxylic acid groups (broad SMARTS) is 1. The SMILES string of the molecule is CC(=O)n1c(C(=O)O)c(Br)c2ccccc21. The Morgan fingerprint density at radius 1 is 1.31 bits per heavy atom. The second-order valence-electron chi connectivity index (χ2n) is 3.34. The summed E-state index contributed by atoms with van der Waals surface area (Å²) in [5.74, 6) is -1.45. The van der Waals surface area contributed by atoms with Crippen molar-refractivity contribution in [2.24, 2.45) is 0 Å². The summed E-state index contributed by atoms with van der Waals surface area (Å²) in [5.41, 5.74) is 0.563. The molecule has 82 valence electrons. The van der Waals surface area contributed by atoms with E-state index in [2.05, 4.69) is 15.9 Å². The highest BCUT2D eigenvalue weighted by Crippen LogP contribution is 2.30. The zero-order chi connectivity index (χ0) is 11.9. The zero-order valence-corrected chi connectivity index (χ0v) is 9.98. The minimum absolute atomic E-state index is 0.0336. The summed E-state index contributed by atoms with van der Waals surface area (Å²) in [6, 6.07) is 7.04. The van der Waals surface area contributed by atoms with Crippen molar-refractivity contribution < 1.29 is 14.7 Å². The van der Waals surface area contributed by atoms with Gasteiger partial charge in [-0.3, -0.25) is 9.36 Å². The fourth-order valence-electron chi connectivity index (χ4n) is 1.72. The number of carbonyl (C=O) groups excluding carboxylic acids is 1. The molecule has 5 heteroatoms. The lowest BCUT2D eigenvalue weighted by atomic mass is 10.2. The summed E-state index contributed by atoms with van der Waals surface area (Å²) in [7, 11) is 0. The minimum Gasteiger partial charge on any atom is -0.477 e. The van der Waals surface area contributed by atoms with Crippen molar-refractivity contribution in [3.63, 3.8) is 0 Å². The Morgan fingerprint density at radius 3 is 2.50 bits per heavy atom. The molecule has 1 aromatic heterocycles. The second kappa shape index (κ2) is 3.75. The van der Waals surface area contributed by atoms with Gasteiger partial charge in [-0.1, -0.05) is 18.2 Å². The summed E-state index contributed by atoms with van der Waals surface area (Å²) >= 11 is 3.22. The summed E-state index contributed by atoms with van der Waals surface area (Å²) in [6.45, 7) is 1.34. The van der Waals surface area contributed by atoms with E-state index in [1.54, 1.807) is 24.3 Å². The Bertz CT molecular complexity index is 601. The second-order valence-corrected chi connectivity index (χ2v) is 4.13. The molecule has 0 amide bonds. The molecule has 1 heterocycles. The maximum absolute atomic E-state index is 11.5. The normalized spacial score (nSPS) is 10.6. The molecule has 1 N–H and O–H groups in total. The van der Waals surface area contributed by atoms with Crippen molar-refractivity contribution in [3.8, 4) is 0 Å². The van der Waals surface area contributed by atoms with Gasteiger partial charge in [0.15, 0.2) is 0 Å². The van der Waals surface area contributed by atoms with E-state index >= 15 is 0 Å². The van der Waals surface area contributed by atoms with Gasteiger partial charge in [0.25, 0.3) is 0 Å². The number of carboxylic acids is 1. The standard InChI is InChI=1S/C11H8BrNO3/c1-6(14)13-8-5-3-2-4-7(8)9(12)10(13)11(15)16/h2-5H,1H3,(H,15,16). The number of rotatable bonds is 1. The highest BCUT2D eigenvalue weighted by molar-refractivity contribution is 9.10. The fraction of sp³-hybridized carbons (Fsp3) is 0.0909. The Kier molecular flexibility index (Phi) is 2.55. The lowest BCUT2D eigenvalue weighted by molar-refractivity contribution is 0.0675. The van der Waals surface area contributed by atoms with E-state index in [4.69, 9.17) is 5.11 Å². The molecule has 16 heavy (non-hydrogen) atoms. The smallest absolute Gasteiger partial charge is 0.354 e.